The number of aliphatic hydroxyl groups is 1. The monoisotopic (exact) mass is 298 g/mol. The maximum Gasteiger partial charge on any atom is 0.0826 e. The number of fused-ring (bicyclic) bond motifs is 5. The van der Waals surface area contributed by atoms with Crippen LogP contribution < -0.4 is 5.84 Å². The van der Waals surface area contributed by atoms with Gasteiger partial charge >= 0.3 is 0 Å². The minimum atomic E-state index is -0.506. The highest BCUT2D eigenvalue weighted by atomic mass is 16.3. The average Bonchev–Trinajstić information content (AvgIpc) is 2.76. The number of rotatable bonds is 0. The lowest BCUT2D eigenvalue weighted by Crippen LogP contribution is -2.50. The van der Waals surface area contributed by atoms with Crippen molar-refractivity contribution in [2.24, 2.45) is 40.0 Å². The van der Waals surface area contributed by atoms with Crippen molar-refractivity contribution in [2.75, 3.05) is 0 Å². The molecule has 0 bridgehead atoms. The van der Waals surface area contributed by atoms with Crippen LogP contribution in [0.4, 0.5) is 0 Å². The van der Waals surface area contributed by atoms with Gasteiger partial charge in [-0.05, 0) is 73.5 Å². The molecule has 0 amide bonds. The van der Waals surface area contributed by atoms with Gasteiger partial charge in [0.15, 0.2) is 0 Å². The highest BCUT2D eigenvalue weighted by Crippen LogP contribution is 2.63. The highest BCUT2D eigenvalue weighted by Gasteiger charge is 2.59. The van der Waals surface area contributed by atoms with Gasteiger partial charge in [0.2, 0.25) is 0 Å². The van der Waals surface area contributed by atoms with Crippen LogP contribution in [-0.2, 0) is 0 Å². The maximum atomic E-state index is 10.9. The number of nitrogens with two attached hydrogens (primary N) is 1. The van der Waals surface area contributed by atoms with E-state index < -0.39 is 5.60 Å². The van der Waals surface area contributed by atoms with E-state index in [9.17, 15) is 5.11 Å². The Morgan fingerprint density at radius 2 is 2.00 bits per heavy atom. The topological polar surface area (TPSA) is 58.6 Å². The van der Waals surface area contributed by atoms with Gasteiger partial charge in [-0.3, -0.25) is 0 Å². The van der Waals surface area contributed by atoms with Gasteiger partial charge in [0, 0.05) is 5.92 Å². The fourth-order valence-electron chi connectivity index (χ4n) is 5.65. The predicted octanol–water partition coefficient (Wildman–Crippen LogP) is 3.18. The van der Waals surface area contributed by atoms with Crippen LogP contribution in [0.1, 0.15) is 39.5 Å². The molecule has 4 rings (SSSR count). The van der Waals surface area contributed by atoms with Gasteiger partial charge in [-0.2, -0.15) is 5.10 Å². The van der Waals surface area contributed by atoms with Crippen molar-refractivity contribution in [3.8, 4) is 0 Å². The predicted molar refractivity (Wildman–Crippen MR) is 89.1 cm³/mol. The molecule has 3 heteroatoms. The van der Waals surface area contributed by atoms with Gasteiger partial charge in [0.25, 0.3) is 0 Å². The van der Waals surface area contributed by atoms with Crippen LogP contribution in [-0.4, -0.2) is 16.4 Å². The molecule has 0 aromatic heterocycles. The number of hydrazone groups is 1. The molecule has 2 fully saturated rings. The first-order valence-electron chi connectivity index (χ1n) is 8.54. The van der Waals surface area contributed by atoms with Crippen molar-refractivity contribution in [3.05, 3.63) is 36.0 Å². The normalized spacial score (nSPS) is 51.2. The minimum absolute atomic E-state index is 0.0714. The quantitative estimate of drug-likeness (QED) is 0.533. The highest BCUT2D eigenvalue weighted by molar-refractivity contribution is 6.05. The zero-order chi connectivity index (χ0) is 15.5. The van der Waals surface area contributed by atoms with Crippen LogP contribution in [0.15, 0.2) is 41.1 Å². The second-order valence-corrected chi connectivity index (χ2v) is 8.06. The molecule has 22 heavy (non-hydrogen) atoms. The Balaban J connectivity index is 1.70. The summed E-state index contributed by atoms with van der Waals surface area (Å²) in [4.78, 5) is 0. The lowest BCUT2D eigenvalue weighted by molar-refractivity contribution is -0.0921. The molecule has 0 heterocycles. The van der Waals surface area contributed by atoms with E-state index in [-0.39, 0.29) is 5.41 Å². The van der Waals surface area contributed by atoms with Crippen LogP contribution in [0, 0.1) is 29.1 Å². The summed E-state index contributed by atoms with van der Waals surface area (Å²) in [6.45, 7) is 4.37. The first kappa shape index (κ1) is 14.3. The van der Waals surface area contributed by atoms with Crippen molar-refractivity contribution < 1.29 is 5.11 Å². The van der Waals surface area contributed by atoms with Crippen LogP contribution in [0.3, 0.4) is 0 Å². The van der Waals surface area contributed by atoms with E-state index in [0.717, 1.165) is 25.0 Å². The zero-order valence-electron chi connectivity index (χ0n) is 13.5. The molecular formula is C19H26N2O. The van der Waals surface area contributed by atoms with E-state index >= 15 is 0 Å². The van der Waals surface area contributed by atoms with E-state index in [1.807, 2.05) is 0 Å². The molecule has 6 atom stereocenters. The zero-order valence-corrected chi connectivity index (χ0v) is 13.5. The first-order valence-corrected chi connectivity index (χ1v) is 8.54. The van der Waals surface area contributed by atoms with Gasteiger partial charge in [-0.15, -0.1) is 0 Å². The summed E-state index contributed by atoms with van der Waals surface area (Å²) in [6, 6.07) is 0. The second-order valence-electron chi connectivity index (χ2n) is 8.06. The molecule has 0 aromatic rings. The number of hydrogen-bond acceptors (Lipinski definition) is 3. The van der Waals surface area contributed by atoms with Crippen LogP contribution in [0.5, 0.6) is 0 Å². The van der Waals surface area contributed by atoms with Gasteiger partial charge < -0.3 is 10.9 Å². The summed E-state index contributed by atoms with van der Waals surface area (Å²) in [6.07, 6.45) is 15.6. The Bertz CT molecular complexity index is 613. The molecule has 4 aliphatic rings. The number of allylic oxidation sites excluding steroid dienone is 6. The van der Waals surface area contributed by atoms with Gasteiger partial charge in [0.05, 0.1) is 11.3 Å². The molecule has 0 saturated heterocycles. The Kier molecular flexibility index (Phi) is 2.96. The Morgan fingerprint density at radius 3 is 2.77 bits per heavy atom. The average molecular weight is 298 g/mol. The standard InChI is InChI=1S/C19H26N2O/c1-18-9-7-15-14-6-4-13(21-20)11-12(14)3-5-16(15)17(18)8-10-19(18,2)22/h3-6,11,14-17,22H,7-10,20H2,1-2H3/b21-13+/t14-,15+,16+,17-,18-,19-/m0/s1. The lowest BCUT2D eigenvalue weighted by Gasteiger charge is -2.53. The van der Waals surface area contributed by atoms with Gasteiger partial charge in [-0.1, -0.05) is 25.2 Å². The fourth-order valence-corrected chi connectivity index (χ4v) is 5.65. The molecule has 0 radical (unpaired) electrons. The Hall–Kier alpha value is -1.35. The summed E-state index contributed by atoms with van der Waals surface area (Å²) in [5, 5.41) is 14.7. The van der Waals surface area contributed by atoms with E-state index in [4.69, 9.17) is 5.84 Å². The lowest BCUT2D eigenvalue weighted by atomic mass is 9.53. The fraction of sp³-hybridized carbons (Fsp3) is 0.632. The SMILES string of the molecule is C[C@]1(O)CC[C@H]2[C@@H]3C=CC4=C/C(=N/N)C=C[C@@H]4[C@H]3CC[C@@]21C. The minimum Gasteiger partial charge on any atom is -0.390 e. The van der Waals surface area contributed by atoms with Crippen molar-refractivity contribution in [1.82, 2.24) is 0 Å². The van der Waals surface area contributed by atoms with Crippen LogP contribution in [0.2, 0.25) is 0 Å². The van der Waals surface area contributed by atoms with Crippen molar-refractivity contribution in [2.45, 2.75) is 45.1 Å². The summed E-state index contributed by atoms with van der Waals surface area (Å²) in [7, 11) is 0. The first-order chi connectivity index (χ1) is 10.5. The summed E-state index contributed by atoms with van der Waals surface area (Å²) >= 11 is 0. The Morgan fingerprint density at radius 1 is 1.18 bits per heavy atom. The van der Waals surface area contributed by atoms with E-state index in [2.05, 4.69) is 49.3 Å². The number of nitrogens with zero attached hydrogens (tertiary/aromatic N) is 1. The third-order valence-electron chi connectivity index (χ3n) is 7.24. The van der Waals surface area contributed by atoms with Crippen molar-refractivity contribution in [1.29, 1.82) is 0 Å². The molecule has 2 saturated carbocycles. The van der Waals surface area contributed by atoms with E-state index in [0.29, 0.717) is 23.7 Å². The molecule has 0 spiro atoms. The molecule has 0 aliphatic heterocycles. The third kappa shape index (κ3) is 1.75. The summed E-state index contributed by atoms with van der Waals surface area (Å²) in [5.74, 6) is 7.78. The smallest absolute Gasteiger partial charge is 0.0826 e. The van der Waals surface area contributed by atoms with Crippen LogP contribution in [0.25, 0.3) is 0 Å². The van der Waals surface area contributed by atoms with Gasteiger partial charge in [0.1, 0.15) is 0 Å². The molecule has 3 N–H and O–H groups in total. The summed E-state index contributed by atoms with van der Waals surface area (Å²) < 4.78 is 0. The molecule has 3 nitrogen and oxygen atoms in total. The molecule has 0 aromatic carbocycles. The molecule has 118 valence electrons. The third-order valence-corrected chi connectivity index (χ3v) is 7.24. The van der Waals surface area contributed by atoms with Crippen LogP contribution >= 0.6 is 0 Å². The summed E-state index contributed by atoms with van der Waals surface area (Å²) in [5.41, 5.74) is 1.77. The molecule has 0 unspecified atom stereocenters. The maximum absolute atomic E-state index is 10.9. The van der Waals surface area contributed by atoms with Crippen molar-refractivity contribution >= 4 is 5.71 Å². The Labute approximate surface area is 132 Å². The van der Waals surface area contributed by atoms with Gasteiger partial charge in [-0.25, -0.2) is 0 Å². The van der Waals surface area contributed by atoms with E-state index in [1.165, 1.54) is 12.0 Å². The number of hydrogen-bond donors (Lipinski definition) is 2. The van der Waals surface area contributed by atoms with E-state index in [1.54, 1.807) is 0 Å². The second kappa shape index (κ2) is 4.58. The molecule has 4 aliphatic carbocycles. The largest absolute Gasteiger partial charge is 0.390 e. The van der Waals surface area contributed by atoms with Crippen molar-refractivity contribution in [3.63, 3.8) is 0 Å². The molecular weight excluding hydrogens is 272 g/mol.